The number of rotatable bonds is 3. The molecule has 1 amide bonds. The molecule has 21 heavy (non-hydrogen) atoms. The van der Waals surface area contributed by atoms with Crippen molar-refractivity contribution in [2.75, 3.05) is 17.2 Å². The van der Waals surface area contributed by atoms with Gasteiger partial charge in [-0.15, -0.1) is 0 Å². The molecule has 1 aliphatic rings. The van der Waals surface area contributed by atoms with Crippen molar-refractivity contribution in [3.05, 3.63) is 53.6 Å². The number of carbonyl (C=O) groups excluding carboxylic acids is 1. The summed E-state index contributed by atoms with van der Waals surface area (Å²) in [5, 5.41) is 14.8. The van der Waals surface area contributed by atoms with Crippen LogP contribution in [0, 0.1) is 11.3 Å². The van der Waals surface area contributed by atoms with E-state index in [4.69, 9.17) is 10.00 Å². The number of carbonyl (C=O) groups is 1. The van der Waals surface area contributed by atoms with Crippen molar-refractivity contribution in [3.63, 3.8) is 0 Å². The first kappa shape index (κ1) is 13.0. The van der Waals surface area contributed by atoms with Crippen LogP contribution in [0.15, 0.2) is 42.5 Å². The molecular formula is C16H13N3O2. The van der Waals surface area contributed by atoms with Crippen LogP contribution in [0.2, 0.25) is 0 Å². The molecule has 5 nitrogen and oxygen atoms in total. The fourth-order valence-corrected chi connectivity index (χ4v) is 2.11. The molecule has 0 unspecified atom stereocenters. The molecule has 104 valence electrons. The number of nitrogens with zero attached hydrogens (tertiary/aromatic N) is 1. The Balaban J connectivity index is 1.69. The second-order valence-corrected chi connectivity index (χ2v) is 4.71. The summed E-state index contributed by atoms with van der Waals surface area (Å²) in [4.78, 5) is 11.3. The van der Waals surface area contributed by atoms with E-state index >= 15 is 0 Å². The van der Waals surface area contributed by atoms with Gasteiger partial charge in [-0.05, 0) is 42.0 Å². The summed E-state index contributed by atoms with van der Waals surface area (Å²) in [6.45, 7) is 0.685. The molecule has 1 heterocycles. The van der Waals surface area contributed by atoms with E-state index in [2.05, 4.69) is 16.7 Å². The van der Waals surface area contributed by atoms with Gasteiger partial charge in [0, 0.05) is 12.2 Å². The van der Waals surface area contributed by atoms with Gasteiger partial charge >= 0.3 is 0 Å². The largest absolute Gasteiger partial charge is 0.482 e. The molecule has 3 rings (SSSR count). The fraction of sp³-hybridized carbons (Fsp3) is 0.125. The fourth-order valence-electron chi connectivity index (χ4n) is 2.11. The molecule has 1 aliphatic heterocycles. The smallest absolute Gasteiger partial charge is 0.262 e. The summed E-state index contributed by atoms with van der Waals surface area (Å²) in [7, 11) is 0. The number of hydrogen-bond donors (Lipinski definition) is 2. The second-order valence-electron chi connectivity index (χ2n) is 4.71. The predicted octanol–water partition coefficient (Wildman–Crippen LogP) is 2.50. The maximum absolute atomic E-state index is 11.3. The van der Waals surface area contributed by atoms with Crippen LogP contribution in [0.4, 0.5) is 11.4 Å². The summed E-state index contributed by atoms with van der Waals surface area (Å²) < 4.78 is 5.32. The number of hydrogen-bond acceptors (Lipinski definition) is 4. The number of fused-ring (bicyclic) bond motifs is 1. The van der Waals surface area contributed by atoms with Crippen molar-refractivity contribution < 1.29 is 9.53 Å². The van der Waals surface area contributed by atoms with Crippen LogP contribution in [0.5, 0.6) is 5.75 Å². The Labute approximate surface area is 122 Å². The lowest BCUT2D eigenvalue weighted by atomic mass is 10.1. The van der Waals surface area contributed by atoms with Gasteiger partial charge in [0.2, 0.25) is 0 Å². The summed E-state index contributed by atoms with van der Waals surface area (Å²) >= 11 is 0. The Kier molecular flexibility index (Phi) is 3.44. The van der Waals surface area contributed by atoms with Gasteiger partial charge in [-0.1, -0.05) is 6.07 Å². The van der Waals surface area contributed by atoms with E-state index in [1.54, 1.807) is 12.1 Å². The Hall–Kier alpha value is -3.00. The highest BCUT2D eigenvalue weighted by molar-refractivity contribution is 5.95. The van der Waals surface area contributed by atoms with Crippen LogP contribution < -0.4 is 15.4 Å². The number of nitrogens with one attached hydrogen (secondary N) is 2. The number of anilines is 2. The van der Waals surface area contributed by atoms with Gasteiger partial charge in [-0.2, -0.15) is 5.26 Å². The van der Waals surface area contributed by atoms with E-state index < -0.39 is 0 Å². The van der Waals surface area contributed by atoms with Gasteiger partial charge in [0.05, 0.1) is 17.3 Å². The van der Waals surface area contributed by atoms with E-state index in [1.807, 2.05) is 30.3 Å². The highest BCUT2D eigenvalue weighted by Crippen LogP contribution is 2.28. The molecular weight excluding hydrogens is 266 g/mol. The molecule has 0 atom stereocenters. The Morgan fingerprint density at radius 2 is 2.05 bits per heavy atom. The maximum atomic E-state index is 11.3. The normalized spacial score (nSPS) is 12.6. The van der Waals surface area contributed by atoms with Gasteiger partial charge in [-0.3, -0.25) is 4.79 Å². The van der Waals surface area contributed by atoms with Crippen LogP contribution in [0.1, 0.15) is 11.1 Å². The lowest BCUT2D eigenvalue weighted by Gasteiger charge is -2.18. The Bertz CT molecular complexity index is 717. The molecule has 0 radical (unpaired) electrons. The first-order valence-electron chi connectivity index (χ1n) is 6.54. The molecule has 0 bridgehead atoms. The van der Waals surface area contributed by atoms with Crippen LogP contribution >= 0.6 is 0 Å². The SMILES string of the molecule is N#Cc1ccc(NCc2ccc3c(c2)NC(=O)CO3)cc1. The first-order valence-corrected chi connectivity index (χ1v) is 6.54. The maximum Gasteiger partial charge on any atom is 0.262 e. The summed E-state index contributed by atoms with van der Waals surface area (Å²) in [6.07, 6.45) is 0. The Morgan fingerprint density at radius 1 is 1.24 bits per heavy atom. The number of amides is 1. The third-order valence-corrected chi connectivity index (χ3v) is 3.19. The van der Waals surface area contributed by atoms with Crippen LogP contribution in [0.25, 0.3) is 0 Å². The zero-order valence-corrected chi connectivity index (χ0v) is 11.2. The zero-order chi connectivity index (χ0) is 14.7. The number of nitriles is 1. The zero-order valence-electron chi connectivity index (χ0n) is 11.2. The van der Waals surface area contributed by atoms with E-state index in [0.29, 0.717) is 23.5 Å². The molecule has 0 saturated carbocycles. The minimum atomic E-state index is -0.139. The average molecular weight is 279 g/mol. The highest BCUT2D eigenvalue weighted by atomic mass is 16.5. The summed E-state index contributed by atoms with van der Waals surface area (Å²) in [5.41, 5.74) is 3.30. The molecule has 0 saturated heterocycles. The minimum Gasteiger partial charge on any atom is -0.482 e. The van der Waals surface area contributed by atoms with Gasteiger partial charge in [-0.25, -0.2) is 0 Å². The van der Waals surface area contributed by atoms with E-state index in [0.717, 1.165) is 11.3 Å². The number of benzene rings is 2. The molecule has 2 aromatic rings. The molecule has 2 aromatic carbocycles. The van der Waals surface area contributed by atoms with Gasteiger partial charge in [0.25, 0.3) is 5.91 Å². The topological polar surface area (TPSA) is 74.2 Å². The lowest BCUT2D eigenvalue weighted by Crippen LogP contribution is -2.25. The van der Waals surface area contributed by atoms with E-state index in [1.165, 1.54) is 0 Å². The number of ether oxygens (including phenoxy) is 1. The minimum absolute atomic E-state index is 0.0653. The van der Waals surface area contributed by atoms with Crippen LogP contribution in [-0.4, -0.2) is 12.5 Å². The molecule has 0 fully saturated rings. The van der Waals surface area contributed by atoms with Crippen molar-refractivity contribution in [1.82, 2.24) is 0 Å². The first-order chi connectivity index (χ1) is 10.2. The molecule has 2 N–H and O–H groups in total. The molecule has 5 heteroatoms. The van der Waals surface area contributed by atoms with Gasteiger partial charge in [0.1, 0.15) is 5.75 Å². The summed E-state index contributed by atoms with van der Waals surface area (Å²) in [5.74, 6) is 0.552. The summed E-state index contributed by atoms with van der Waals surface area (Å²) in [6, 6.07) is 15.0. The van der Waals surface area contributed by atoms with Crippen molar-refractivity contribution >= 4 is 17.3 Å². The highest BCUT2D eigenvalue weighted by Gasteiger charge is 2.15. The quantitative estimate of drug-likeness (QED) is 0.905. The standard InChI is InChI=1S/C16H13N3O2/c17-8-11-1-4-13(5-2-11)18-9-12-3-6-15-14(7-12)19-16(20)10-21-15/h1-7,18H,9-10H2,(H,19,20). The monoisotopic (exact) mass is 279 g/mol. The van der Waals surface area contributed by atoms with Gasteiger partial charge < -0.3 is 15.4 Å². The molecule has 0 aromatic heterocycles. The van der Waals surface area contributed by atoms with Crippen molar-refractivity contribution in [2.45, 2.75) is 6.54 Å². The van der Waals surface area contributed by atoms with Crippen molar-refractivity contribution in [2.24, 2.45) is 0 Å². The third kappa shape index (κ3) is 2.95. The van der Waals surface area contributed by atoms with Crippen molar-refractivity contribution in [1.29, 1.82) is 5.26 Å². The van der Waals surface area contributed by atoms with Crippen LogP contribution in [-0.2, 0) is 11.3 Å². The lowest BCUT2D eigenvalue weighted by molar-refractivity contribution is -0.118. The average Bonchev–Trinajstić information content (AvgIpc) is 2.53. The molecule has 0 aliphatic carbocycles. The Morgan fingerprint density at radius 3 is 2.81 bits per heavy atom. The second kappa shape index (κ2) is 5.55. The van der Waals surface area contributed by atoms with E-state index in [-0.39, 0.29) is 12.5 Å². The molecule has 0 spiro atoms. The van der Waals surface area contributed by atoms with Crippen LogP contribution in [0.3, 0.4) is 0 Å². The van der Waals surface area contributed by atoms with Crippen molar-refractivity contribution in [3.8, 4) is 11.8 Å². The van der Waals surface area contributed by atoms with Gasteiger partial charge in [0.15, 0.2) is 6.61 Å². The third-order valence-electron chi connectivity index (χ3n) is 3.19. The van der Waals surface area contributed by atoms with E-state index in [9.17, 15) is 4.79 Å². The predicted molar refractivity (Wildman–Crippen MR) is 79.1 cm³/mol.